The molecule has 0 aliphatic carbocycles. The zero-order valence-electron chi connectivity index (χ0n) is 12.4. The number of rotatable bonds is 5. The summed E-state index contributed by atoms with van der Waals surface area (Å²) in [7, 11) is 3.30. The van der Waals surface area contributed by atoms with Gasteiger partial charge in [-0.1, -0.05) is 0 Å². The third kappa shape index (κ3) is 3.91. The molecule has 0 unspecified atom stereocenters. The first-order chi connectivity index (χ1) is 10.5. The van der Waals surface area contributed by atoms with Gasteiger partial charge in [0.25, 0.3) is 5.91 Å². The second kappa shape index (κ2) is 6.85. The largest absolute Gasteiger partial charge is 0.484 e. The van der Waals surface area contributed by atoms with Crippen molar-refractivity contribution in [2.24, 2.45) is 0 Å². The van der Waals surface area contributed by atoms with E-state index in [9.17, 15) is 14.0 Å². The zero-order valence-corrected chi connectivity index (χ0v) is 12.4. The van der Waals surface area contributed by atoms with Crippen LogP contribution in [0.15, 0.2) is 48.5 Å². The van der Waals surface area contributed by atoms with Crippen LogP contribution in [0.2, 0.25) is 0 Å². The van der Waals surface area contributed by atoms with Crippen LogP contribution in [0.4, 0.5) is 4.39 Å². The van der Waals surface area contributed by atoms with E-state index in [-0.39, 0.29) is 24.1 Å². The summed E-state index contributed by atoms with van der Waals surface area (Å²) in [5, 5.41) is 0. The molecular formula is C17H16FNO3. The van der Waals surface area contributed by atoms with Crippen molar-refractivity contribution in [3.63, 3.8) is 0 Å². The summed E-state index contributed by atoms with van der Waals surface area (Å²) in [6.45, 7) is -0.0573. The first kappa shape index (κ1) is 15.7. The Morgan fingerprint density at radius 3 is 1.95 bits per heavy atom. The fraction of sp³-hybridized carbons (Fsp3) is 0.176. The molecule has 22 heavy (non-hydrogen) atoms. The summed E-state index contributed by atoms with van der Waals surface area (Å²) in [4.78, 5) is 25.1. The van der Waals surface area contributed by atoms with E-state index in [1.807, 2.05) is 0 Å². The molecule has 2 rings (SSSR count). The second-order valence-corrected chi connectivity index (χ2v) is 4.94. The molecule has 0 heterocycles. The summed E-state index contributed by atoms with van der Waals surface area (Å²) in [5.41, 5.74) is 0.885. The monoisotopic (exact) mass is 301 g/mol. The van der Waals surface area contributed by atoms with Crippen LogP contribution >= 0.6 is 0 Å². The number of ketones is 1. The van der Waals surface area contributed by atoms with Crippen LogP contribution < -0.4 is 4.74 Å². The molecule has 4 nitrogen and oxygen atoms in total. The van der Waals surface area contributed by atoms with Crippen LogP contribution in [-0.4, -0.2) is 37.3 Å². The van der Waals surface area contributed by atoms with Gasteiger partial charge < -0.3 is 9.64 Å². The van der Waals surface area contributed by atoms with Crippen molar-refractivity contribution in [1.82, 2.24) is 4.90 Å². The number of amides is 1. The Labute approximate surface area is 128 Å². The molecule has 114 valence electrons. The smallest absolute Gasteiger partial charge is 0.259 e. The average molecular weight is 301 g/mol. The molecule has 0 spiro atoms. The fourth-order valence-corrected chi connectivity index (χ4v) is 1.74. The molecule has 0 N–H and O–H groups in total. The molecule has 0 saturated carbocycles. The standard InChI is InChI=1S/C17H16FNO3/c1-19(2)16(20)11-22-15-9-5-13(6-10-15)17(21)12-3-7-14(18)8-4-12/h3-10H,11H2,1-2H3. The minimum atomic E-state index is -0.383. The van der Waals surface area contributed by atoms with Crippen LogP contribution in [0.1, 0.15) is 15.9 Å². The summed E-state index contributed by atoms with van der Waals surface area (Å²) in [5.74, 6) is -0.223. The summed E-state index contributed by atoms with van der Waals surface area (Å²) in [6.07, 6.45) is 0. The van der Waals surface area contributed by atoms with Gasteiger partial charge in [0.1, 0.15) is 11.6 Å². The Kier molecular flexibility index (Phi) is 4.88. The molecule has 2 aromatic carbocycles. The number of hydrogen-bond donors (Lipinski definition) is 0. The Morgan fingerprint density at radius 2 is 1.45 bits per heavy atom. The average Bonchev–Trinajstić information content (AvgIpc) is 2.53. The van der Waals surface area contributed by atoms with Crippen molar-refractivity contribution in [3.05, 3.63) is 65.5 Å². The van der Waals surface area contributed by atoms with Gasteiger partial charge in [-0.15, -0.1) is 0 Å². The number of ether oxygens (including phenoxy) is 1. The number of hydrogen-bond acceptors (Lipinski definition) is 3. The molecule has 0 aromatic heterocycles. The van der Waals surface area contributed by atoms with Gasteiger partial charge in [-0.25, -0.2) is 4.39 Å². The van der Waals surface area contributed by atoms with Crippen molar-refractivity contribution in [2.45, 2.75) is 0 Å². The molecule has 0 saturated heterocycles. The summed E-state index contributed by atoms with van der Waals surface area (Å²) < 4.78 is 18.2. The number of nitrogens with zero attached hydrogens (tertiary/aromatic N) is 1. The lowest BCUT2D eigenvalue weighted by Gasteiger charge is -2.11. The lowest BCUT2D eigenvalue weighted by atomic mass is 10.0. The van der Waals surface area contributed by atoms with E-state index in [2.05, 4.69) is 0 Å². The highest BCUT2D eigenvalue weighted by molar-refractivity contribution is 6.09. The Balaban J connectivity index is 2.03. The van der Waals surface area contributed by atoms with E-state index in [1.54, 1.807) is 38.4 Å². The normalized spacial score (nSPS) is 10.1. The zero-order chi connectivity index (χ0) is 16.1. The topological polar surface area (TPSA) is 46.6 Å². The molecule has 0 radical (unpaired) electrons. The molecule has 1 amide bonds. The van der Waals surface area contributed by atoms with Gasteiger partial charge in [-0.2, -0.15) is 0 Å². The maximum absolute atomic E-state index is 12.9. The van der Waals surface area contributed by atoms with Crippen molar-refractivity contribution in [1.29, 1.82) is 0 Å². The number of carbonyl (C=O) groups excluding carboxylic acids is 2. The van der Waals surface area contributed by atoms with Crippen LogP contribution in [0.25, 0.3) is 0 Å². The quantitative estimate of drug-likeness (QED) is 0.797. The van der Waals surface area contributed by atoms with Gasteiger partial charge in [0.2, 0.25) is 0 Å². The first-order valence-electron chi connectivity index (χ1n) is 6.70. The van der Waals surface area contributed by atoms with Gasteiger partial charge in [-0.05, 0) is 48.5 Å². The molecule has 0 aliphatic heterocycles. The van der Waals surface area contributed by atoms with E-state index in [1.165, 1.54) is 29.2 Å². The highest BCUT2D eigenvalue weighted by Crippen LogP contribution is 2.16. The lowest BCUT2D eigenvalue weighted by molar-refractivity contribution is -0.130. The Bertz CT molecular complexity index is 663. The molecule has 0 aliphatic rings. The van der Waals surface area contributed by atoms with Crippen LogP contribution in [0.3, 0.4) is 0 Å². The van der Waals surface area contributed by atoms with Gasteiger partial charge in [-0.3, -0.25) is 9.59 Å². The van der Waals surface area contributed by atoms with Crippen molar-refractivity contribution < 1.29 is 18.7 Å². The Morgan fingerprint density at radius 1 is 0.955 bits per heavy atom. The van der Waals surface area contributed by atoms with Gasteiger partial charge in [0.15, 0.2) is 12.4 Å². The highest BCUT2D eigenvalue weighted by atomic mass is 19.1. The van der Waals surface area contributed by atoms with Gasteiger partial charge >= 0.3 is 0 Å². The van der Waals surface area contributed by atoms with Crippen molar-refractivity contribution in [2.75, 3.05) is 20.7 Å². The van der Waals surface area contributed by atoms with Gasteiger partial charge in [0.05, 0.1) is 0 Å². The van der Waals surface area contributed by atoms with Crippen LogP contribution in [0.5, 0.6) is 5.75 Å². The number of benzene rings is 2. The van der Waals surface area contributed by atoms with E-state index in [0.29, 0.717) is 16.9 Å². The molecule has 0 bridgehead atoms. The van der Waals surface area contributed by atoms with E-state index in [4.69, 9.17) is 4.74 Å². The molecule has 0 atom stereocenters. The van der Waals surface area contributed by atoms with Crippen molar-refractivity contribution in [3.8, 4) is 5.75 Å². The number of carbonyl (C=O) groups is 2. The van der Waals surface area contributed by atoms with Gasteiger partial charge in [0, 0.05) is 25.2 Å². The third-order valence-corrected chi connectivity index (χ3v) is 3.08. The molecular weight excluding hydrogens is 285 g/mol. The predicted molar refractivity (Wildman–Crippen MR) is 80.5 cm³/mol. The fourth-order valence-electron chi connectivity index (χ4n) is 1.74. The summed E-state index contributed by atoms with van der Waals surface area (Å²) in [6, 6.07) is 11.9. The minimum Gasteiger partial charge on any atom is -0.484 e. The number of halogens is 1. The minimum absolute atomic E-state index is 0.0573. The molecule has 0 fully saturated rings. The SMILES string of the molecule is CN(C)C(=O)COc1ccc(C(=O)c2ccc(F)cc2)cc1. The highest BCUT2D eigenvalue weighted by Gasteiger charge is 2.10. The van der Waals surface area contributed by atoms with Crippen molar-refractivity contribution >= 4 is 11.7 Å². The van der Waals surface area contributed by atoms with Crippen LogP contribution in [-0.2, 0) is 4.79 Å². The molecule has 2 aromatic rings. The number of likely N-dealkylation sites (N-methyl/N-ethyl adjacent to an activating group) is 1. The second-order valence-electron chi connectivity index (χ2n) is 4.94. The molecule has 5 heteroatoms. The Hall–Kier alpha value is -2.69. The third-order valence-electron chi connectivity index (χ3n) is 3.08. The first-order valence-corrected chi connectivity index (χ1v) is 6.70. The lowest BCUT2D eigenvalue weighted by Crippen LogP contribution is -2.27. The maximum atomic E-state index is 12.9. The predicted octanol–water partition coefficient (Wildman–Crippen LogP) is 2.52. The van der Waals surface area contributed by atoms with E-state index >= 15 is 0 Å². The maximum Gasteiger partial charge on any atom is 0.259 e. The van der Waals surface area contributed by atoms with E-state index < -0.39 is 0 Å². The van der Waals surface area contributed by atoms with Crippen LogP contribution in [0, 0.1) is 5.82 Å². The summed E-state index contributed by atoms with van der Waals surface area (Å²) >= 11 is 0. The van der Waals surface area contributed by atoms with E-state index in [0.717, 1.165) is 0 Å².